The van der Waals surface area contributed by atoms with Gasteiger partial charge in [0.25, 0.3) is 0 Å². The molecule has 4 aromatic heterocycles. The van der Waals surface area contributed by atoms with E-state index in [1.54, 1.807) is 0 Å². The van der Waals surface area contributed by atoms with Crippen molar-refractivity contribution in [2.75, 3.05) is 0 Å². The number of hydrogen-bond donors (Lipinski definition) is 0. The van der Waals surface area contributed by atoms with Gasteiger partial charge in [0.2, 0.25) is 0 Å². The van der Waals surface area contributed by atoms with Crippen LogP contribution in [0.3, 0.4) is 0 Å². The molecule has 0 radical (unpaired) electrons. The highest BCUT2D eigenvalue weighted by Gasteiger charge is 2.20. The van der Waals surface area contributed by atoms with Crippen molar-refractivity contribution >= 4 is 98.1 Å². The molecule has 0 bridgehead atoms. The molecule has 0 aliphatic heterocycles. The van der Waals surface area contributed by atoms with E-state index < -0.39 is 0 Å². The molecule has 0 fully saturated rings. The molecule has 15 aromatic rings. The van der Waals surface area contributed by atoms with Gasteiger partial charge in [-0.2, -0.15) is 0 Å². The van der Waals surface area contributed by atoms with E-state index in [2.05, 4.69) is 250 Å². The van der Waals surface area contributed by atoms with E-state index in [1.807, 2.05) is 0 Å². The largest absolute Gasteiger partial charge is 0.455 e. The Bertz CT molecular complexity index is 4330. The van der Waals surface area contributed by atoms with E-state index in [0.29, 0.717) is 0 Å². The number of para-hydroxylation sites is 4. The molecule has 15 rings (SSSR count). The van der Waals surface area contributed by atoms with Crippen molar-refractivity contribution in [2.24, 2.45) is 0 Å². The fraction of sp³-hybridized carbons (Fsp3) is 0. The maximum atomic E-state index is 6.60. The summed E-state index contributed by atoms with van der Waals surface area (Å²) in [7, 11) is 0. The zero-order valence-corrected chi connectivity index (χ0v) is 36.8. The predicted octanol–water partition coefficient (Wildman–Crippen LogP) is 17.4. The summed E-state index contributed by atoms with van der Waals surface area (Å²) in [6.45, 7) is 0. The van der Waals surface area contributed by atoms with Crippen molar-refractivity contribution in [3.8, 4) is 39.3 Å². The molecule has 0 amide bonds. The minimum atomic E-state index is 0.887. The Hall–Kier alpha value is -9.12. The smallest absolute Gasteiger partial charge is 0.143 e. The third-order valence-corrected chi connectivity index (χ3v) is 14.4. The normalized spacial score (nSPS) is 12.1. The van der Waals surface area contributed by atoms with Gasteiger partial charge < -0.3 is 18.1 Å². The van der Waals surface area contributed by atoms with Gasteiger partial charge in [0.15, 0.2) is 0 Å². The van der Waals surface area contributed by atoms with Crippen molar-refractivity contribution in [2.45, 2.75) is 0 Å². The quantitative estimate of drug-likeness (QED) is 0.169. The summed E-state index contributed by atoms with van der Waals surface area (Å²) in [5, 5.41) is 11.9. The molecule has 4 nitrogen and oxygen atoms in total. The fourth-order valence-electron chi connectivity index (χ4n) is 11.3. The molecule has 0 spiro atoms. The van der Waals surface area contributed by atoms with E-state index in [1.165, 1.54) is 82.0 Å². The van der Waals surface area contributed by atoms with Gasteiger partial charge in [-0.1, -0.05) is 127 Å². The first-order chi connectivity index (χ1) is 33.7. The molecular weight excluding hydrogens is 827 g/mol. The molecule has 11 aromatic carbocycles. The molecule has 0 saturated carbocycles. The summed E-state index contributed by atoms with van der Waals surface area (Å²) < 4.78 is 13.8. The number of rotatable bonds is 5. The predicted molar refractivity (Wildman–Crippen MR) is 285 cm³/mol. The Labute approximate surface area is 390 Å². The van der Waals surface area contributed by atoms with Crippen LogP contribution in [0.15, 0.2) is 241 Å². The maximum absolute atomic E-state index is 6.60. The number of hydrogen-bond acceptors (Lipinski definition) is 1. The SMILES string of the molecule is c1ccc(-n2c3ccccc3c3cc(-c4ccc5c(c4)c4cc(-c6ccc7c(c6)c6ccccc6n7-c6ccccc6)ccc4n5-c4ccc5oc6c7ccccc7ccc6c5c4)ccc32)cc1. The lowest BCUT2D eigenvalue weighted by molar-refractivity contribution is 0.672. The molecule has 4 heteroatoms. The van der Waals surface area contributed by atoms with Crippen LogP contribution in [0.5, 0.6) is 0 Å². The lowest BCUT2D eigenvalue weighted by atomic mass is 9.98. The van der Waals surface area contributed by atoms with Crippen LogP contribution in [0.4, 0.5) is 0 Å². The Morgan fingerprint density at radius 3 is 1.16 bits per heavy atom. The van der Waals surface area contributed by atoms with E-state index in [9.17, 15) is 0 Å². The van der Waals surface area contributed by atoms with Crippen molar-refractivity contribution in [1.29, 1.82) is 0 Å². The van der Waals surface area contributed by atoms with Gasteiger partial charge in [-0.15, -0.1) is 0 Å². The van der Waals surface area contributed by atoms with Gasteiger partial charge in [-0.05, 0) is 137 Å². The summed E-state index contributed by atoms with van der Waals surface area (Å²) in [4.78, 5) is 0. The fourth-order valence-corrected chi connectivity index (χ4v) is 11.3. The van der Waals surface area contributed by atoms with Gasteiger partial charge in [0.1, 0.15) is 11.2 Å². The van der Waals surface area contributed by atoms with Crippen LogP contribution in [-0.2, 0) is 0 Å². The van der Waals surface area contributed by atoms with Crippen LogP contribution in [0.25, 0.3) is 137 Å². The molecule has 316 valence electrons. The van der Waals surface area contributed by atoms with Crippen LogP contribution >= 0.6 is 0 Å². The lowest BCUT2D eigenvalue weighted by Gasteiger charge is -2.10. The highest BCUT2D eigenvalue weighted by molar-refractivity contribution is 6.17. The Morgan fingerprint density at radius 1 is 0.235 bits per heavy atom. The third-order valence-electron chi connectivity index (χ3n) is 14.4. The summed E-state index contributed by atoms with van der Waals surface area (Å²) in [5.41, 5.74) is 17.1. The molecule has 0 aliphatic carbocycles. The number of fused-ring (bicyclic) bond motifs is 14. The van der Waals surface area contributed by atoms with Gasteiger partial charge in [0, 0.05) is 65.5 Å². The molecule has 0 atom stereocenters. The molecule has 0 N–H and O–H groups in total. The van der Waals surface area contributed by atoms with Gasteiger partial charge in [-0.25, -0.2) is 0 Å². The Balaban J connectivity index is 0.946. The van der Waals surface area contributed by atoms with Crippen LogP contribution < -0.4 is 0 Å². The molecule has 0 unspecified atom stereocenters. The van der Waals surface area contributed by atoms with Crippen LogP contribution in [0.1, 0.15) is 0 Å². The van der Waals surface area contributed by atoms with Crippen LogP contribution in [0.2, 0.25) is 0 Å². The molecule has 0 aliphatic rings. The van der Waals surface area contributed by atoms with E-state index in [-0.39, 0.29) is 0 Å². The van der Waals surface area contributed by atoms with Crippen molar-refractivity contribution in [3.05, 3.63) is 237 Å². The second kappa shape index (κ2) is 14.2. The number of aromatic nitrogens is 3. The topological polar surface area (TPSA) is 27.9 Å². The highest BCUT2D eigenvalue weighted by atomic mass is 16.3. The van der Waals surface area contributed by atoms with Gasteiger partial charge in [-0.3, -0.25) is 0 Å². The monoisotopic (exact) mass is 865 g/mol. The molecule has 4 heterocycles. The van der Waals surface area contributed by atoms with Gasteiger partial charge in [0.05, 0.1) is 33.1 Å². The van der Waals surface area contributed by atoms with Crippen molar-refractivity contribution in [3.63, 3.8) is 0 Å². The minimum Gasteiger partial charge on any atom is -0.455 e. The van der Waals surface area contributed by atoms with Gasteiger partial charge >= 0.3 is 0 Å². The Kier molecular flexibility index (Phi) is 7.75. The Morgan fingerprint density at radius 2 is 0.647 bits per heavy atom. The van der Waals surface area contributed by atoms with Crippen molar-refractivity contribution < 1.29 is 4.42 Å². The standard InChI is InChI=1S/C64H39N3O/c1-3-14-45(15-4-1)65-57-21-11-9-19-49(57)52-35-41(24-30-59(52)65)43-26-32-61-54(37-43)55-38-44(42-25-31-60-53(36-42)50-20-10-12-22-58(50)66(60)46-16-5-2-6-17-46)27-33-62(55)67(61)47-28-34-63-56(39-47)51-29-23-40-13-7-8-18-48(40)64(51)68-63/h1-39H. The van der Waals surface area contributed by atoms with Crippen LogP contribution in [-0.4, -0.2) is 13.7 Å². The summed E-state index contributed by atoms with van der Waals surface area (Å²) in [5.74, 6) is 0. The molecular formula is C64H39N3O. The first-order valence-electron chi connectivity index (χ1n) is 23.3. The first-order valence-corrected chi connectivity index (χ1v) is 23.3. The average Bonchev–Trinajstić information content (AvgIpc) is 4.14. The third kappa shape index (κ3) is 5.37. The number of benzene rings is 11. The van der Waals surface area contributed by atoms with E-state index in [4.69, 9.17) is 4.42 Å². The zero-order valence-electron chi connectivity index (χ0n) is 36.8. The summed E-state index contributed by atoms with van der Waals surface area (Å²) in [6.07, 6.45) is 0. The molecule has 0 saturated heterocycles. The second-order valence-electron chi connectivity index (χ2n) is 18.1. The highest BCUT2D eigenvalue weighted by Crippen LogP contribution is 2.42. The summed E-state index contributed by atoms with van der Waals surface area (Å²) in [6, 6.07) is 86.4. The molecule has 68 heavy (non-hydrogen) atoms. The zero-order chi connectivity index (χ0) is 44.5. The maximum Gasteiger partial charge on any atom is 0.143 e. The van der Waals surface area contributed by atoms with E-state index >= 15 is 0 Å². The second-order valence-corrected chi connectivity index (χ2v) is 18.1. The average molecular weight is 866 g/mol. The van der Waals surface area contributed by atoms with Crippen LogP contribution in [0, 0.1) is 0 Å². The lowest BCUT2D eigenvalue weighted by Crippen LogP contribution is -1.94. The number of nitrogens with zero attached hydrogens (tertiary/aromatic N) is 3. The van der Waals surface area contributed by atoms with E-state index in [0.717, 1.165) is 55.4 Å². The van der Waals surface area contributed by atoms with Crippen molar-refractivity contribution in [1.82, 2.24) is 13.7 Å². The summed E-state index contributed by atoms with van der Waals surface area (Å²) >= 11 is 0. The minimum absolute atomic E-state index is 0.887. The number of furan rings is 1. The first kappa shape index (κ1) is 37.1.